The van der Waals surface area contributed by atoms with E-state index in [1.54, 1.807) is 12.4 Å². The van der Waals surface area contributed by atoms with Gasteiger partial charge < -0.3 is 15.5 Å². The van der Waals surface area contributed by atoms with Crippen molar-refractivity contribution in [1.29, 1.82) is 0 Å². The zero-order valence-corrected chi connectivity index (χ0v) is 8.89. The second-order valence-electron chi connectivity index (χ2n) is 4.29. The summed E-state index contributed by atoms with van der Waals surface area (Å²) in [6, 6.07) is 0.362. The monoisotopic (exact) mass is 221 g/mol. The maximum atomic E-state index is 5.76. The molecule has 0 radical (unpaired) electrons. The molecule has 2 saturated heterocycles. The molecule has 2 aliphatic rings. The van der Waals surface area contributed by atoms with Crippen LogP contribution in [0.3, 0.4) is 0 Å². The lowest BCUT2D eigenvalue weighted by molar-refractivity contribution is 0.102. The summed E-state index contributed by atoms with van der Waals surface area (Å²) in [5.41, 5.74) is 2.48. The van der Waals surface area contributed by atoms with Crippen molar-refractivity contribution >= 4 is 11.6 Å². The van der Waals surface area contributed by atoms with Crippen molar-refractivity contribution in [2.75, 3.05) is 10.7 Å². The Morgan fingerprint density at radius 3 is 2.88 bits per heavy atom. The van der Waals surface area contributed by atoms with E-state index < -0.39 is 0 Å². The molecule has 0 amide bonds. The highest BCUT2D eigenvalue weighted by Crippen LogP contribution is 2.35. The number of aromatic nitrogens is 2. The Hall–Kier alpha value is -1.40. The molecule has 2 fully saturated rings. The summed E-state index contributed by atoms with van der Waals surface area (Å²) < 4.78 is 5.76. The lowest BCUT2D eigenvalue weighted by Crippen LogP contribution is -2.31. The van der Waals surface area contributed by atoms with Gasteiger partial charge in [-0.2, -0.15) is 0 Å². The van der Waals surface area contributed by atoms with E-state index in [1.807, 2.05) is 0 Å². The van der Waals surface area contributed by atoms with E-state index in [0.717, 1.165) is 18.7 Å². The van der Waals surface area contributed by atoms with Crippen LogP contribution in [0.15, 0.2) is 12.4 Å². The first-order chi connectivity index (χ1) is 7.85. The second-order valence-corrected chi connectivity index (χ2v) is 4.29. The Bertz CT molecular complexity index is 385. The van der Waals surface area contributed by atoms with Crippen molar-refractivity contribution in [3.63, 3.8) is 0 Å². The molecule has 3 rings (SSSR count). The molecule has 0 spiro atoms. The quantitative estimate of drug-likeness (QED) is 0.509. The van der Waals surface area contributed by atoms with Gasteiger partial charge in [-0.25, -0.2) is 10.8 Å². The summed E-state index contributed by atoms with van der Waals surface area (Å²) in [7, 11) is 0. The number of hydrogen-bond donors (Lipinski definition) is 3. The van der Waals surface area contributed by atoms with Crippen LogP contribution in [0.4, 0.5) is 11.6 Å². The number of ether oxygens (including phenoxy) is 1. The third-order valence-electron chi connectivity index (χ3n) is 3.22. The fourth-order valence-electron chi connectivity index (χ4n) is 2.48. The maximum absolute atomic E-state index is 5.76. The van der Waals surface area contributed by atoms with Crippen molar-refractivity contribution in [1.82, 2.24) is 9.97 Å². The van der Waals surface area contributed by atoms with Crippen molar-refractivity contribution in [3.05, 3.63) is 12.4 Å². The average molecular weight is 221 g/mol. The van der Waals surface area contributed by atoms with Crippen LogP contribution in [-0.2, 0) is 4.74 Å². The van der Waals surface area contributed by atoms with Gasteiger partial charge in [0.1, 0.15) is 5.82 Å². The number of nitrogens with one attached hydrogen (secondary N) is 2. The van der Waals surface area contributed by atoms with Crippen LogP contribution in [0.5, 0.6) is 0 Å². The highest BCUT2D eigenvalue weighted by atomic mass is 16.5. The Labute approximate surface area is 93.6 Å². The fourth-order valence-corrected chi connectivity index (χ4v) is 2.48. The van der Waals surface area contributed by atoms with Gasteiger partial charge in [-0.05, 0) is 19.3 Å². The number of rotatable bonds is 3. The number of anilines is 2. The predicted octanol–water partition coefficient (Wildman–Crippen LogP) is 0.494. The van der Waals surface area contributed by atoms with Gasteiger partial charge in [-0.1, -0.05) is 0 Å². The van der Waals surface area contributed by atoms with Crippen LogP contribution in [0, 0.1) is 0 Å². The van der Waals surface area contributed by atoms with Gasteiger partial charge in [0, 0.05) is 0 Å². The van der Waals surface area contributed by atoms with Gasteiger partial charge in [0.25, 0.3) is 0 Å². The van der Waals surface area contributed by atoms with Crippen LogP contribution >= 0.6 is 0 Å². The summed E-state index contributed by atoms with van der Waals surface area (Å²) >= 11 is 0. The minimum atomic E-state index is 0.335. The molecule has 3 atom stereocenters. The highest BCUT2D eigenvalue weighted by molar-refractivity contribution is 5.41. The first-order valence-corrected chi connectivity index (χ1v) is 5.56. The molecule has 2 aliphatic heterocycles. The lowest BCUT2D eigenvalue weighted by atomic mass is 9.95. The number of nitrogen functional groups attached to an aromatic ring is 1. The molecule has 2 bridgehead atoms. The van der Waals surface area contributed by atoms with Crippen molar-refractivity contribution < 1.29 is 4.74 Å². The van der Waals surface area contributed by atoms with E-state index in [1.165, 1.54) is 6.42 Å². The van der Waals surface area contributed by atoms with Crippen molar-refractivity contribution in [2.45, 2.75) is 37.5 Å². The van der Waals surface area contributed by atoms with Gasteiger partial charge in [-0.15, -0.1) is 0 Å². The average Bonchev–Trinajstić information content (AvgIpc) is 2.91. The van der Waals surface area contributed by atoms with Gasteiger partial charge in [0.15, 0.2) is 5.82 Å². The summed E-state index contributed by atoms with van der Waals surface area (Å²) in [4.78, 5) is 8.32. The molecule has 86 valence electrons. The third kappa shape index (κ3) is 1.70. The van der Waals surface area contributed by atoms with Crippen molar-refractivity contribution in [2.24, 2.45) is 5.84 Å². The largest absolute Gasteiger partial charge is 0.373 e. The second kappa shape index (κ2) is 3.88. The summed E-state index contributed by atoms with van der Waals surface area (Å²) in [6.07, 6.45) is 7.46. The number of nitrogens with two attached hydrogens (primary N) is 1. The van der Waals surface area contributed by atoms with Gasteiger partial charge in [0.2, 0.25) is 0 Å². The first kappa shape index (κ1) is 9.80. The maximum Gasteiger partial charge on any atom is 0.160 e. The van der Waals surface area contributed by atoms with Gasteiger partial charge in [0.05, 0.1) is 30.6 Å². The van der Waals surface area contributed by atoms with Gasteiger partial charge >= 0.3 is 0 Å². The SMILES string of the molecule is NNc1cncc(NC2CC3CCC2O3)n1. The zero-order chi connectivity index (χ0) is 11.0. The highest BCUT2D eigenvalue weighted by Gasteiger charge is 2.40. The van der Waals surface area contributed by atoms with E-state index in [4.69, 9.17) is 10.6 Å². The van der Waals surface area contributed by atoms with E-state index in [9.17, 15) is 0 Å². The smallest absolute Gasteiger partial charge is 0.160 e. The molecule has 16 heavy (non-hydrogen) atoms. The summed E-state index contributed by atoms with van der Waals surface area (Å²) in [6.45, 7) is 0. The Morgan fingerprint density at radius 1 is 1.31 bits per heavy atom. The van der Waals surface area contributed by atoms with E-state index >= 15 is 0 Å². The number of hydrogen-bond acceptors (Lipinski definition) is 6. The molecule has 6 nitrogen and oxygen atoms in total. The summed E-state index contributed by atoms with van der Waals surface area (Å²) in [5, 5.41) is 3.35. The molecule has 1 aromatic rings. The number of fused-ring (bicyclic) bond motifs is 2. The third-order valence-corrected chi connectivity index (χ3v) is 3.22. The standard InChI is InChI=1S/C10H15N5O/c11-15-10-5-12-4-9(14-10)13-7-3-6-1-2-8(7)16-6/h4-8H,1-3,11H2,(H2,13,14,15). The Kier molecular flexibility index (Phi) is 2.37. The van der Waals surface area contributed by atoms with Gasteiger partial charge in [-0.3, -0.25) is 4.98 Å². The molecule has 4 N–H and O–H groups in total. The van der Waals surface area contributed by atoms with E-state index in [2.05, 4.69) is 20.7 Å². The van der Waals surface area contributed by atoms with Crippen LogP contribution in [0.2, 0.25) is 0 Å². The number of nitrogens with zero attached hydrogens (tertiary/aromatic N) is 2. The van der Waals surface area contributed by atoms with Crippen LogP contribution in [-0.4, -0.2) is 28.2 Å². The number of hydrazine groups is 1. The lowest BCUT2D eigenvalue weighted by Gasteiger charge is -2.20. The summed E-state index contributed by atoms with van der Waals surface area (Å²) in [5.74, 6) is 6.59. The fraction of sp³-hybridized carbons (Fsp3) is 0.600. The van der Waals surface area contributed by atoms with E-state index in [-0.39, 0.29) is 0 Å². The first-order valence-electron chi connectivity index (χ1n) is 5.56. The molecular weight excluding hydrogens is 206 g/mol. The zero-order valence-electron chi connectivity index (χ0n) is 8.89. The van der Waals surface area contributed by atoms with Crippen molar-refractivity contribution in [3.8, 4) is 0 Å². The topological polar surface area (TPSA) is 85.1 Å². The molecule has 1 aromatic heterocycles. The molecule has 3 unspecified atom stereocenters. The molecule has 0 aromatic carbocycles. The molecule has 0 aliphatic carbocycles. The van der Waals surface area contributed by atoms with Crippen LogP contribution in [0.25, 0.3) is 0 Å². The predicted molar refractivity (Wildman–Crippen MR) is 59.8 cm³/mol. The minimum Gasteiger partial charge on any atom is -0.373 e. The molecule has 0 saturated carbocycles. The Balaban J connectivity index is 1.69. The molecule has 6 heteroatoms. The molecular formula is C10H15N5O. The van der Waals surface area contributed by atoms with Crippen LogP contribution in [0.1, 0.15) is 19.3 Å². The Morgan fingerprint density at radius 2 is 2.19 bits per heavy atom. The van der Waals surface area contributed by atoms with E-state index in [0.29, 0.717) is 24.1 Å². The normalized spacial score (nSPS) is 31.7. The van der Waals surface area contributed by atoms with Crippen LogP contribution < -0.4 is 16.6 Å². The molecule has 3 heterocycles. The minimum absolute atomic E-state index is 0.335.